The Morgan fingerprint density at radius 3 is 2.48 bits per heavy atom. The van der Waals surface area contributed by atoms with E-state index < -0.39 is 11.7 Å². The van der Waals surface area contributed by atoms with Crippen LogP contribution in [0.4, 0.5) is 10.1 Å². The third-order valence-electron chi connectivity index (χ3n) is 5.23. The highest BCUT2D eigenvalue weighted by Gasteiger charge is 2.23. The zero-order chi connectivity index (χ0) is 20.9. The molecule has 0 atom stereocenters. The van der Waals surface area contributed by atoms with Gasteiger partial charge in [0, 0.05) is 30.9 Å². The molecule has 2 aliphatic rings. The van der Waals surface area contributed by atoms with Gasteiger partial charge >= 0.3 is 0 Å². The second kappa shape index (κ2) is 10.5. The van der Waals surface area contributed by atoms with E-state index in [1.165, 1.54) is 12.1 Å². The molecule has 2 aromatic rings. The maximum atomic E-state index is 13.7. The Morgan fingerprint density at radius 1 is 1.03 bits per heavy atom. The summed E-state index contributed by atoms with van der Waals surface area (Å²) in [6.45, 7) is 2.64. The van der Waals surface area contributed by atoms with Crippen molar-refractivity contribution in [3.8, 4) is 11.5 Å². The van der Waals surface area contributed by atoms with Crippen LogP contribution in [0.15, 0.2) is 42.5 Å². The van der Waals surface area contributed by atoms with Gasteiger partial charge in [-0.3, -0.25) is 14.5 Å². The molecule has 2 aliphatic heterocycles. The lowest BCUT2D eigenvalue weighted by atomic mass is 10.0. The molecule has 0 unspecified atom stereocenters. The maximum absolute atomic E-state index is 13.7. The lowest BCUT2D eigenvalue weighted by Gasteiger charge is -2.31. The number of carbonyl (C=O) groups excluding carboxylic acids is 2. The minimum Gasteiger partial charge on any atom is -0.486 e. The number of halogens is 2. The fourth-order valence-corrected chi connectivity index (χ4v) is 3.67. The summed E-state index contributed by atoms with van der Waals surface area (Å²) in [7, 11) is 0. The van der Waals surface area contributed by atoms with Crippen LogP contribution in [0.5, 0.6) is 11.5 Å². The smallest absolute Gasteiger partial charge is 0.254 e. The number of anilines is 1. The van der Waals surface area contributed by atoms with E-state index in [9.17, 15) is 14.0 Å². The van der Waals surface area contributed by atoms with Crippen molar-refractivity contribution in [2.75, 3.05) is 38.2 Å². The number of hydrogen-bond acceptors (Lipinski definition) is 5. The van der Waals surface area contributed by atoms with E-state index in [4.69, 9.17) is 9.47 Å². The highest BCUT2D eigenvalue weighted by atomic mass is 35.5. The second-order valence-electron chi connectivity index (χ2n) is 7.41. The third-order valence-corrected chi connectivity index (χ3v) is 5.23. The van der Waals surface area contributed by atoms with Crippen LogP contribution in [0.1, 0.15) is 23.2 Å². The van der Waals surface area contributed by atoms with Gasteiger partial charge in [0.15, 0.2) is 11.5 Å². The molecule has 7 nitrogen and oxygen atoms in total. The van der Waals surface area contributed by atoms with Crippen molar-refractivity contribution in [2.45, 2.75) is 18.9 Å². The number of nitrogens with zero attached hydrogens (tertiary/aromatic N) is 1. The molecular formula is C22H25ClFN3O4. The van der Waals surface area contributed by atoms with E-state index in [1.807, 2.05) is 4.90 Å². The van der Waals surface area contributed by atoms with Gasteiger partial charge in [-0.15, -0.1) is 12.4 Å². The Hall–Kier alpha value is -2.84. The Kier molecular flexibility index (Phi) is 7.70. The fourth-order valence-electron chi connectivity index (χ4n) is 3.67. The molecular weight excluding hydrogens is 425 g/mol. The normalized spacial score (nSPS) is 16.2. The Labute approximate surface area is 186 Å². The van der Waals surface area contributed by atoms with E-state index in [-0.39, 0.29) is 36.5 Å². The molecule has 0 radical (unpaired) electrons. The van der Waals surface area contributed by atoms with Crippen LogP contribution >= 0.6 is 12.4 Å². The molecule has 0 saturated carbocycles. The molecule has 2 heterocycles. The first-order chi connectivity index (χ1) is 14.6. The minimum absolute atomic E-state index is 0. The van der Waals surface area contributed by atoms with Gasteiger partial charge in [0.05, 0.1) is 12.1 Å². The van der Waals surface area contributed by atoms with E-state index in [1.54, 1.807) is 30.3 Å². The average molecular weight is 450 g/mol. The first-order valence-corrected chi connectivity index (χ1v) is 10.1. The van der Waals surface area contributed by atoms with Crippen LogP contribution in [-0.4, -0.2) is 55.6 Å². The van der Waals surface area contributed by atoms with Crippen molar-refractivity contribution in [1.82, 2.24) is 10.2 Å². The summed E-state index contributed by atoms with van der Waals surface area (Å²) in [6.07, 6.45) is 1.41. The van der Waals surface area contributed by atoms with Gasteiger partial charge in [-0.25, -0.2) is 4.39 Å². The van der Waals surface area contributed by atoms with E-state index in [2.05, 4.69) is 10.6 Å². The summed E-state index contributed by atoms with van der Waals surface area (Å²) in [5, 5.41) is 5.77. The van der Waals surface area contributed by atoms with E-state index in [0.29, 0.717) is 56.3 Å². The lowest BCUT2D eigenvalue weighted by Crippen LogP contribution is -2.46. The number of carbonyl (C=O) groups is 2. The van der Waals surface area contributed by atoms with Crippen LogP contribution < -0.4 is 20.1 Å². The lowest BCUT2D eigenvalue weighted by molar-refractivity contribution is -0.117. The van der Waals surface area contributed by atoms with E-state index >= 15 is 0 Å². The molecule has 9 heteroatoms. The number of nitrogens with one attached hydrogen (secondary N) is 2. The molecule has 2 N–H and O–H groups in total. The predicted molar refractivity (Wildman–Crippen MR) is 117 cm³/mol. The summed E-state index contributed by atoms with van der Waals surface area (Å²) in [5.41, 5.74) is 0.718. The Morgan fingerprint density at radius 2 is 1.74 bits per heavy atom. The molecule has 2 aromatic carbocycles. The topological polar surface area (TPSA) is 79.9 Å². The fraction of sp³-hybridized carbons (Fsp3) is 0.364. The van der Waals surface area contributed by atoms with Gasteiger partial charge in [0.25, 0.3) is 5.91 Å². The number of hydrogen-bond donors (Lipinski definition) is 2. The van der Waals surface area contributed by atoms with Crippen molar-refractivity contribution in [1.29, 1.82) is 0 Å². The average Bonchev–Trinajstić information content (AvgIpc) is 2.75. The first-order valence-electron chi connectivity index (χ1n) is 10.1. The Balaban J connectivity index is 0.00000272. The van der Waals surface area contributed by atoms with Crippen LogP contribution in [0.2, 0.25) is 0 Å². The number of ether oxygens (including phenoxy) is 2. The van der Waals surface area contributed by atoms with Crippen LogP contribution in [-0.2, 0) is 4.79 Å². The molecule has 4 rings (SSSR count). The summed E-state index contributed by atoms with van der Waals surface area (Å²) >= 11 is 0. The van der Waals surface area contributed by atoms with Crippen LogP contribution in [0, 0.1) is 5.82 Å². The molecule has 1 saturated heterocycles. The molecule has 2 amide bonds. The molecule has 31 heavy (non-hydrogen) atoms. The van der Waals surface area contributed by atoms with Crippen molar-refractivity contribution in [3.63, 3.8) is 0 Å². The van der Waals surface area contributed by atoms with Gasteiger partial charge in [0.2, 0.25) is 5.91 Å². The number of amides is 2. The van der Waals surface area contributed by atoms with Gasteiger partial charge in [-0.2, -0.15) is 0 Å². The van der Waals surface area contributed by atoms with Gasteiger partial charge in [-0.05, 0) is 37.1 Å². The summed E-state index contributed by atoms with van der Waals surface area (Å²) in [4.78, 5) is 26.7. The summed E-state index contributed by atoms with van der Waals surface area (Å²) < 4.78 is 24.8. The van der Waals surface area contributed by atoms with Crippen molar-refractivity contribution >= 4 is 29.9 Å². The SMILES string of the molecule is Cl.O=C(CN1CCC(NC(=O)c2ccccc2F)CC1)Nc1ccc2c(c1)OCCO2. The largest absolute Gasteiger partial charge is 0.486 e. The zero-order valence-electron chi connectivity index (χ0n) is 16.9. The number of piperidine rings is 1. The van der Waals surface area contributed by atoms with Gasteiger partial charge in [-0.1, -0.05) is 12.1 Å². The third kappa shape index (κ3) is 5.86. The number of likely N-dealkylation sites (tertiary alicyclic amines) is 1. The molecule has 0 spiro atoms. The summed E-state index contributed by atoms with van der Waals surface area (Å²) in [5.74, 6) is 0.274. The highest BCUT2D eigenvalue weighted by molar-refractivity contribution is 5.94. The van der Waals surface area contributed by atoms with Crippen LogP contribution in [0.3, 0.4) is 0 Å². The van der Waals surface area contributed by atoms with Crippen LogP contribution in [0.25, 0.3) is 0 Å². The molecule has 0 bridgehead atoms. The first kappa shape index (κ1) is 22.8. The highest BCUT2D eigenvalue weighted by Crippen LogP contribution is 2.32. The number of fused-ring (bicyclic) bond motifs is 1. The Bertz CT molecular complexity index is 935. The van der Waals surface area contributed by atoms with Crippen molar-refractivity contribution in [3.05, 3.63) is 53.8 Å². The second-order valence-corrected chi connectivity index (χ2v) is 7.41. The number of benzene rings is 2. The van der Waals surface area contributed by atoms with E-state index in [0.717, 1.165) is 0 Å². The molecule has 0 aromatic heterocycles. The minimum atomic E-state index is -0.525. The molecule has 1 fully saturated rings. The predicted octanol–water partition coefficient (Wildman–Crippen LogP) is 2.85. The quantitative estimate of drug-likeness (QED) is 0.733. The van der Waals surface area contributed by atoms with Gasteiger partial charge in [0.1, 0.15) is 19.0 Å². The van der Waals surface area contributed by atoms with Gasteiger partial charge < -0.3 is 20.1 Å². The monoisotopic (exact) mass is 449 g/mol. The van der Waals surface area contributed by atoms with Crippen molar-refractivity contribution < 1.29 is 23.5 Å². The van der Waals surface area contributed by atoms with Crippen molar-refractivity contribution in [2.24, 2.45) is 0 Å². The molecule has 0 aliphatic carbocycles. The number of rotatable bonds is 5. The zero-order valence-corrected chi connectivity index (χ0v) is 17.8. The maximum Gasteiger partial charge on any atom is 0.254 e. The standard InChI is InChI=1S/C22H24FN3O4.ClH/c23-18-4-2-1-3-17(18)22(28)25-15-7-9-26(10-8-15)14-21(27)24-16-5-6-19-20(13-16)30-12-11-29-19;/h1-6,13,15H,7-12,14H2,(H,24,27)(H,25,28);1H. The molecule has 166 valence electrons. The summed E-state index contributed by atoms with van der Waals surface area (Å²) in [6, 6.07) is 11.2.